The molecule has 2 heterocycles. The zero-order valence-electron chi connectivity index (χ0n) is 14.3. The molecule has 2 aliphatic heterocycles. The Morgan fingerprint density at radius 1 is 1.29 bits per heavy atom. The van der Waals surface area contributed by atoms with Gasteiger partial charge < -0.3 is 14.8 Å². The van der Waals surface area contributed by atoms with Crippen molar-refractivity contribution in [2.75, 3.05) is 13.2 Å². The number of hydrogen-bond donors (Lipinski definition) is 1. The monoisotopic (exact) mass is 336 g/mol. The molecule has 2 saturated carbocycles. The number of rotatable bonds is 4. The molecule has 4 atom stereocenters. The van der Waals surface area contributed by atoms with Crippen LogP contribution in [0.3, 0.4) is 0 Å². The number of ether oxygens (including phenoxy) is 2. The third-order valence-corrected chi connectivity index (χ3v) is 6.23. The highest BCUT2D eigenvalue weighted by molar-refractivity contribution is 6.08. The van der Waals surface area contributed by atoms with Crippen molar-refractivity contribution in [2.45, 2.75) is 57.8 Å². The lowest BCUT2D eigenvalue weighted by atomic mass is 9.59. The summed E-state index contributed by atoms with van der Waals surface area (Å²) in [6, 6.07) is -0.499. The number of carbonyl (C=O) groups is 3. The maximum atomic E-state index is 12.5. The van der Waals surface area contributed by atoms with Crippen molar-refractivity contribution in [3.05, 3.63) is 0 Å². The minimum absolute atomic E-state index is 0.130. The Kier molecular flexibility index (Phi) is 3.27. The van der Waals surface area contributed by atoms with Crippen molar-refractivity contribution in [1.82, 2.24) is 10.2 Å². The van der Waals surface area contributed by atoms with E-state index in [9.17, 15) is 14.4 Å². The quantitative estimate of drug-likeness (QED) is 0.613. The van der Waals surface area contributed by atoms with E-state index >= 15 is 0 Å². The average molecular weight is 336 g/mol. The number of urea groups is 1. The zero-order valence-corrected chi connectivity index (χ0v) is 14.3. The van der Waals surface area contributed by atoms with Gasteiger partial charge in [0.2, 0.25) is 0 Å². The molecule has 0 bridgehead atoms. The number of carbonyl (C=O) groups excluding carboxylic acids is 3. The molecular formula is C17H24N2O5. The van der Waals surface area contributed by atoms with E-state index in [4.69, 9.17) is 9.47 Å². The van der Waals surface area contributed by atoms with Crippen LogP contribution in [0.15, 0.2) is 0 Å². The van der Waals surface area contributed by atoms with Crippen molar-refractivity contribution < 1.29 is 23.9 Å². The van der Waals surface area contributed by atoms with E-state index < -0.39 is 17.5 Å². The van der Waals surface area contributed by atoms with Crippen LogP contribution in [-0.2, 0) is 19.1 Å². The first-order valence-corrected chi connectivity index (χ1v) is 8.70. The summed E-state index contributed by atoms with van der Waals surface area (Å²) < 4.78 is 11.3. The predicted molar refractivity (Wildman–Crippen MR) is 82.9 cm³/mol. The Morgan fingerprint density at radius 3 is 2.67 bits per heavy atom. The third-order valence-electron chi connectivity index (χ3n) is 6.23. The Bertz CT molecular complexity index is 614. The SMILES string of the molecule is CC1(C2CC2)NC(=O)N(CC(=O)OC2C3CCOC3C2(C)C)C1=O. The van der Waals surface area contributed by atoms with Crippen molar-refractivity contribution in [3.8, 4) is 0 Å². The Balaban J connectivity index is 1.40. The van der Waals surface area contributed by atoms with Gasteiger partial charge in [-0.25, -0.2) is 4.79 Å². The molecule has 4 rings (SSSR count). The van der Waals surface area contributed by atoms with Gasteiger partial charge in [0.05, 0.1) is 6.10 Å². The zero-order chi connectivity index (χ0) is 17.3. The first kappa shape index (κ1) is 15.9. The largest absolute Gasteiger partial charge is 0.460 e. The van der Waals surface area contributed by atoms with Gasteiger partial charge in [0.1, 0.15) is 18.2 Å². The number of imide groups is 1. The molecule has 0 radical (unpaired) electrons. The molecule has 0 aromatic heterocycles. The van der Waals surface area contributed by atoms with Gasteiger partial charge in [0, 0.05) is 17.9 Å². The first-order valence-electron chi connectivity index (χ1n) is 8.70. The van der Waals surface area contributed by atoms with E-state index in [1.165, 1.54) is 0 Å². The van der Waals surface area contributed by atoms with E-state index in [1.54, 1.807) is 6.92 Å². The molecule has 24 heavy (non-hydrogen) atoms. The second-order valence-electron chi connectivity index (χ2n) is 8.27. The van der Waals surface area contributed by atoms with E-state index in [-0.39, 0.29) is 41.9 Å². The highest BCUT2D eigenvalue weighted by Crippen LogP contribution is 2.53. The highest BCUT2D eigenvalue weighted by atomic mass is 16.6. The molecule has 0 spiro atoms. The maximum absolute atomic E-state index is 12.5. The first-order chi connectivity index (χ1) is 11.2. The maximum Gasteiger partial charge on any atom is 0.326 e. The van der Waals surface area contributed by atoms with Crippen molar-refractivity contribution in [2.24, 2.45) is 17.3 Å². The van der Waals surface area contributed by atoms with Crippen molar-refractivity contribution in [3.63, 3.8) is 0 Å². The van der Waals surface area contributed by atoms with Gasteiger partial charge in [0.25, 0.3) is 5.91 Å². The standard InChI is InChI=1S/C17H24N2O5/c1-16(2)12-10(6-7-23-12)13(16)24-11(20)8-19-14(21)17(3,9-4-5-9)18-15(19)22/h9-10,12-13H,4-8H2,1-3H3,(H,18,22). The lowest BCUT2D eigenvalue weighted by Gasteiger charge is -2.53. The highest BCUT2D eigenvalue weighted by Gasteiger charge is 2.62. The molecule has 4 aliphatic rings. The van der Waals surface area contributed by atoms with E-state index in [0.29, 0.717) is 6.61 Å². The molecule has 132 valence electrons. The second-order valence-corrected chi connectivity index (χ2v) is 8.27. The van der Waals surface area contributed by atoms with Crippen LogP contribution in [0.1, 0.15) is 40.0 Å². The van der Waals surface area contributed by atoms with Gasteiger partial charge in [-0.15, -0.1) is 0 Å². The number of nitrogens with zero attached hydrogens (tertiary/aromatic N) is 1. The number of hydrogen-bond acceptors (Lipinski definition) is 5. The van der Waals surface area contributed by atoms with E-state index in [2.05, 4.69) is 5.32 Å². The third kappa shape index (κ3) is 2.10. The summed E-state index contributed by atoms with van der Waals surface area (Å²) in [4.78, 5) is 38.0. The summed E-state index contributed by atoms with van der Waals surface area (Å²) in [5, 5.41) is 2.74. The minimum atomic E-state index is -0.864. The Morgan fingerprint density at radius 2 is 2.00 bits per heavy atom. The summed E-state index contributed by atoms with van der Waals surface area (Å²) in [6.45, 7) is 6.16. The molecule has 7 nitrogen and oxygen atoms in total. The molecule has 1 N–H and O–H groups in total. The van der Waals surface area contributed by atoms with E-state index in [1.807, 2.05) is 13.8 Å². The molecule has 2 aliphatic carbocycles. The minimum Gasteiger partial charge on any atom is -0.460 e. The van der Waals surface area contributed by atoms with Gasteiger partial charge in [-0.05, 0) is 32.1 Å². The molecule has 4 unspecified atom stereocenters. The van der Waals surface area contributed by atoms with Crippen LogP contribution < -0.4 is 5.32 Å². The fourth-order valence-corrected chi connectivity index (χ4v) is 4.62. The summed E-state index contributed by atoms with van der Waals surface area (Å²) >= 11 is 0. The fourth-order valence-electron chi connectivity index (χ4n) is 4.62. The van der Waals surface area contributed by atoms with Crippen molar-refractivity contribution >= 4 is 17.9 Å². The van der Waals surface area contributed by atoms with Gasteiger partial charge in [-0.1, -0.05) is 13.8 Å². The van der Waals surface area contributed by atoms with Gasteiger partial charge in [-0.3, -0.25) is 14.5 Å². The van der Waals surface area contributed by atoms with Crippen molar-refractivity contribution in [1.29, 1.82) is 0 Å². The molecule has 3 amide bonds. The van der Waals surface area contributed by atoms with Gasteiger partial charge in [-0.2, -0.15) is 0 Å². The van der Waals surface area contributed by atoms with Crippen LogP contribution in [0.2, 0.25) is 0 Å². The summed E-state index contributed by atoms with van der Waals surface area (Å²) in [5.74, 6) is -0.440. The second kappa shape index (κ2) is 4.94. The molecule has 2 saturated heterocycles. The topological polar surface area (TPSA) is 84.9 Å². The summed E-state index contributed by atoms with van der Waals surface area (Å²) in [7, 11) is 0. The van der Waals surface area contributed by atoms with E-state index in [0.717, 1.165) is 24.2 Å². The number of esters is 1. The van der Waals surface area contributed by atoms with Crippen LogP contribution in [-0.4, -0.2) is 53.7 Å². The van der Waals surface area contributed by atoms with Gasteiger partial charge >= 0.3 is 12.0 Å². The summed E-state index contributed by atoms with van der Waals surface area (Å²) in [6.07, 6.45) is 2.66. The van der Waals surface area contributed by atoms with Crippen LogP contribution in [0.4, 0.5) is 4.79 Å². The van der Waals surface area contributed by atoms with Crippen LogP contribution >= 0.6 is 0 Å². The molecule has 4 fully saturated rings. The van der Waals surface area contributed by atoms with Crippen LogP contribution in [0.25, 0.3) is 0 Å². The number of nitrogens with one attached hydrogen (secondary N) is 1. The van der Waals surface area contributed by atoms with Crippen LogP contribution in [0.5, 0.6) is 0 Å². The lowest BCUT2D eigenvalue weighted by Crippen LogP contribution is -2.61. The number of amides is 3. The molecule has 0 aromatic rings. The predicted octanol–water partition coefficient (Wildman–Crippen LogP) is 1.06. The Labute approximate surface area is 141 Å². The van der Waals surface area contributed by atoms with Gasteiger partial charge in [0.15, 0.2) is 0 Å². The lowest BCUT2D eigenvalue weighted by molar-refractivity contribution is -0.210. The fraction of sp³-hybridized carbons (Fsp3) is 0.824. The Hall–Kier alpha value is -1.63. The summed E-state index contributed by atoms with van der Waals surface area (Å²) in [5.41, 5.74) is -1.09. The average Bonchev–Trinajstić information content (AvgIpc) is 3.24. The molecular weight excluding hydrogens is 312 g/mol. The molecule has 7 heteroatoms. The molecule has 0 aromatic carbocycles. The number of fused-ring (bicyclic) bond motifs is 1. The van der Waals surface area contributed by atoms with Crippen LogP contribution in [0, 0.1) is 17.3 Å². The smallest absolute Gasteiger partial charge is 0.326 e. The normalized spacial score (nSPS) is 40.1.